The molecule has 4 aromatic rings. The summed E-state index contributed by atoms with van der Waals surface area (Å²) in [7, 11) is -1.67. The van der Waals surface area contributed by atoms with Crippen molar-refractivity contribution in [3.63, 3.8) is 0 Å². The Bertz CT molecular complexity index is 1580. The minimum absolute atomic E-state index is 0.113. The van der Waals surface area contributed by atoms with Gasteiger partial charge in [-0.05, 0) is 35.8 Å². The minimum Gasteiger partial charge on any atom is -0.423 e. The van der Waals surface area contributed by atoms with Gasteiger partial charge in [0.1, 0.15) is 0 Å². The fraction of sp³-hybridized carbons (Fsp3) is 0.143. The second-order valence-corrected chi connectivity index (χ2v) is 9.29. The number of anilines is 2. The maximum Gasteiger partial charge on any atom is 0.488 e. The molecule has 1 fully saturated rings. The van der Waals surface area contributed by atoms with Crippen molar-refractivity contribution >= 4 is 58.5 Å². The Morgan fingerprint density at radius 2 is 1.50 bits per heavy atom. The lowest BCUT2D eigenvalue weighted by molar-refractivity contribution is -0.127. The summed E-state index contributed by atoms with van der Waals surface area (Å²) >= 11 is 0. The van der Waals surface area contributed by atoms with Crippen LogP contribution in [0, 0.1) is 0 Å². The van der Waals surface area contributed by atoms with Gasteiger partial charge < -0.3 is 35.5 Å². The number of H-pyrrole nitrogens is 1. The van der Waals surface area contributed by atoms with Crippen LogP contribution in [0.25, 0.3) is 10.9 Å². The number of carbonyl (C=O) groups excluding carboxylic acids is 4. The molecule has 0 aliphatic carbocycles. The zero-order chi connectivity index (χ0) is 28.2. The third-order valence-corrected chi connectivity index (χ3v) is 6.72. The van der Waals surface area contributed by atoms with Crippen LogP contribution in [-0.2, 0) is 4.79 Å². The molecule has 1 aliphatic heterocycles. The van der Waals surface area contributed by atoms with E-state index in [2.05, 4.69) is 15.6 Å². The van der Waals surface area contributed by atoms with Crippen molar-refractivity contribution in [2.24, 2.45) is 0 Å². The Kier molecular flexibility index (Phi) is 7.62. The number of aromatic amines is 1. The second-order valence-electron chi connectivity index (χ2n) is 9.29. The number of Topliss-reactive ketones (excluding diaryl/α,β-unsaturated/α-hetero) is 1. The van der Waals surface area contributed by atoms with Crippen molar-refractivity contribution in [1.29, 1.82) is 0 Å². The molecule has 5 N–H and O–H groups in total. The van der Waals surface area contributed by atoms with E-state index >= 15 is 0 Å². The third kappa shape index (κ3) is 5.58. The van der Waals surface area contributed by atoms with E-state index in [0.717, 1.165) is 0 Å². The molecule has 0 unspecified atom stereocenters. The summed E-state index contributed by atoms with van der Waals surface area (Å²) in [4.78, 5) is 57.7. The minimum atomic E-state index is -1.67. The summed E-state index contributed by atoms with van der Waals surface area (Å²) in [5.74, 6) is -1.46. The van der Waals surface area contributed by atoms with Gasteiger partial charge in [0, 0.05) is 49.0 Å². The van der Waals surface area contributed by atoms with Crippen molar-refractivity contribution in [3.8, 4) is 0 Å². The van der Waals surface area contributed by atoms with Gasteiger partial charge >= 0.3 is 13.1 Å². The van der Waals surface area contributed by atoms with Gasteiger partial charge in [0.15, 0.2) is 0 Å². The van der Waals surface area contributed by atoms with Crippen molar-refractivity contribution in [3.05, 3.63) is 90.1 Å². The van der Waals surface area contributed by atoms with Crippen LogP contribution >= 0.6 is 0 Å². The van der Waals surface area contributed by atoms with E-state index in [-0.39, 0.29) is 30.0 Å². The number of hydrogen-bond acceptors (Lipinski definition) is 6. The topological polar surface area (TPSA) is 155 Å². The number of rotatable bonds is 6. The van der Waals surface area contributed by atoms with Crippen molar-refractivity contribution < 1.29 is 29.2 Å². The first-order chi connectivity index (χ1) is 19.3. The largest absolute Gasteiger partial charge is 0.488 e. The number of ketones is 1. The van der Waals surface area contributed by atoms with E-state index in [9.17, 15) is 29.2 Å². The summed E-state index contributed by atoms with van der Waals surface area (Å²) in [6.07, 6.45) is 1.44. The lowest BCUT2D eigenvalue weighted by Crippen LogP contribution is -2.52. The molecule has 4 amide bonds. The lowest BCUT2D eigenvalue weighted by atomic mass is 9.80. The van der Waals surface area contributed by atoms with E-state index in [1.54, 1.807) is 59.5 Å². The number of carbonyl (C=O) groups is 4. The standard InChI is InChI=1S/C28H26BN5O6/c35-25(27(37)34-14-12-33(13-15-34)26(36)18-6-2-1-3-7-18)22-17-30-24-21(22)10-5-11-23(24)32-28(38)31-20-9-4-8-19(16-20)29(39)40/h1-11,16-17,30,39-40H,12-15H2,(H2,31,32,38). The molecule has 202 valence electrons. The van der Waals surface area contributed by atoms with Gasteiger partial charge in [0.2, 0.25) is 0 Å². The predicted octanol–water partition coefficient (Wildman–Crippen LogP) is 1.66. The molecule has 0 saturated carbocycles. The summed E-state index contributed by atoms with van der Waals surface area (Å²) in [6.45, 7) is 1.13. The SMILES string of the molecule is O=C(Nc1cccc(B(O)O)c1)Nc1cccc2c(C(=O)C(=O)N3CCN(C(=O)c4ccccc4)CC3)c[nH]c12. The van der Waals surface area contributed by atoms with Crippen LogP contribution < -0.4 is 16.1 Å². The van der Waals surface area contributed by atoms with E-state index in [4.69, 9.17) is 0 Å². The van der Waals surface area contributed by atoms with Crippen LogP contribution in [0.4, 0.5) is 16.2 Å². The molecule has 0 atom stereocenters. The number of nitrogens with zero attached hydrogens (tertiary/aromatic N) is 2. The van der Waals surface area contributed by atoms with E-state index in [0.29, 0.717) is 40.9 Å². The van der Waals surface area contributed by atoms with Gasteiger partial charge in [0.05, 0.1) is 16.8 Å². The summed E-state index contributed by atoms with van der Waals surface area (Å²) in [5.41, 5.74) is 2.18. The van der Waals surface area contributed by atoms with Gasteiger partial charge in [-0.15, -0.1) is 0 Å². The fourth-order valence-electron chi connectivity index (χ4n) is 4.64. The molecule has 1 saturated heterocycles. The quantitative estimate of drug-likeness (QED) is 0.143. The Hall–Kier alpha value is -4.94. The first kappa shape index (κ1) is 26.7. The normalized spacial score (nSPS) is 13.2. The second kappa shape index (κ2) is 11.4. The molecule has 1 aromatic heterocycles. The monoisotopic (exact) mass is 539 g/mol. The van der Waals surface area contributed by atoms with Crippen LogP contribution in [0.2, 0.25) is 0 Å². The fourth-order valence-corrected chi connectivity index (χ4v) is 4.64. The number of nitrogens with one attached hydrogen (secondary N) is 3. The molecule has 2 heterocycles. The Morgan fingerprint density at radius 3 is 2.23 bits per heavy atom. The first-order valence-corrected chi connectivity index (χ1v) is 12.6. The molecule has 0 bridgehead atoms. The molecule has 3 aromatic carbocycles. The summed E-state index contributed by atoms with van der Waals surface area (Å²) < 4.78 is 0. The van der Waals surface area contributed by atoms with Gasteiger partial charge in [-0.3, -0.25) is 14.4 Å². The number of fused-ring (bicyclic) bond motifs is 1. The average Bonchev–Trinajstić information content (AvgIpc) is 3.42. The summed E-state index contributed by atoms with van der Waals surface area (Å²) in [5, 5.41) is 24.5. The van der Waals surface area contributed by atoms with Crippen molar-refractivity contribution in [2.75, 3.05) is 36.8 Å². The van der Waals surface area contributed by atoms with Crippen LogP contribution in [0.3, 0.4) is 0 Å². The van der Waals surface area contributed by atoms with Crippen LogP contribution in [0.15, 0.2) is 79.0 Å². The molecule has 1 aliphatic rings. The zero-order valence-electron chi connectivity index (χ0n) is 21.3. The van der Waals surface area contributed by atoms with Gasteiger partial charge in [-0.25, -0.2) is 4.79 Å². The van der Waals surface area contributed by atoms with Crippen LogP contribution in [0.1, 0.15) is 20.7 Å². The highest BCUT2D eigenvalue weighted by Crippen LogP contribution is 2.26. The van der Waals surface area contributed by atoms with Gasteiger partial charge in [-0.2, -0.15) is 0 Å². The first-order valence-electron chi connectivity index (χ1n) is 12.6. The molecule has 0 radical (unpaired) electrons. The zero-order valence-corrected chi connectivity index (χ0v) is 21.3. The number of para-hydroxylation sites is 1. The van der Waals surface area contributed by atoms with Gasteiger partial charge in [0.25, 0.3) is 17.6 Å². The van der Waals surface area contributed by atoms with Crippen molar-refractivity contribution in [1.82, 2.24) is 14.8 Å². The third-order valence-electron chi connectivity index (χ3n) is 6.72. The number of amides is 4. The van der Waals surface area contributed by atoms with Crippen LogP contribution in [0.5, 0.6) is 0 Å². The molecule has 11 nitrogen and oxygen atoms in total. The Morgan fingerprint density at radius 1 is 0.800 bits per heavy atom. The molecule has 40 heavy (non-hydrogen) atoms. The van der Waals surface area contributed by atoms with E-state index < -0.39 is 24.8 Å². The highest BCUT2D eigenvalue weighted by molar-refractivity contribution is 6.58. The highest BCUT2D eigenvalue weighted by atomic mass is 16.4. The Labute approximate surface area is 229 Å². The van der Waals surface area contributed by atoms with Crippen molar-refractivity contribution in [2.45, 2.75) is 0 Å². The van der Waals surface area contributed by atoms with Crippen LogP contribution in [-0.4, -0.2) is 81.8 Å². The number of piperazine rings is 1. The predicted molar refractivity (Wildman–Crippen MR) is 150 cm³/mol. The molecule has 0 spiro atoms. The highest BCUT2D eigenvalue weighted by Gasteiger charge is 2.30. The maximum atomic E-state index is 13.2. The van der Waals surface area contributed by atoms with E-state index in [1.165, 1.54) is 23.2 Å². The molecular formula is C28H26BN5O6. The maximum absolute atomic E-state index is 13.2. The number of benzene rings is 3. The number of aromatic nitrogens is 1. The van der Waals surface area contributed by atoms with Gasteiger partial charge in [-0.1, -0.05) is 42.5 Å². The smallest absolute Gasteiger partial charge is 0.423 e. The summed E-state index contributed by atoms with van der Waals surface area (Å²) in [6, 6.07) is 19.4. The molecular weight excluding hydrogens is 513 g/mol. The average molecular weight is 539 g/mol. The molecule has 12 heteroatoms. The lowest BCUT2D eigenvalue weighted by Gasteiger charge is -2.34. The molecule has 5 rings (SSSR count). The Balaban J connectivity index is 1.24. The van der Waals surface area contributed by atoms with E-state index in [1.807, 2.05) is 6.07 Å². The number of hydrogen-bond donors (Lipinski definition) is 5. The number of urea groups is 1.